The van der Waals surface area contributed by atoms with Crippen LogP contribution in [0, 0.1) is 5.92 Å². The predicted octanol–water partition coefficient (Wildman–Crippen LogP) is 5.49. The Bertz CT molecular complexity index is 432. The van der Waals surface area contributed by atoms with Crippen LogP contribution in [0.3, 0.4) is 0 Å². The highest BCUT2D eigenvalue weighted by atomic mass is 79.9. The molecule has 0 saturated heterocycles. The molecule has 1 unspecified atom stereocenters. The molecule has 1 N–H and O–H groups in total. The minimum atomic E-state index is 0.451. The number of hydrogen-bond acceptors (Lipinski definition) is 2. The third kappa shape index (κ3) is 3.79. The van der Waals surface area contributed by atoms with Gasteiger partial charge in [0.2, 0.25) is 0 Å². The predicted molar refractivity (Wildman–Crippen MR) is 85.4 cm³/mol. The zero-order valence-electron chi connectivity index (χ0n) is 11.5. The van der Waals surface area contributed by atoms with Crippen molar-refractivity contribution in [1.29, 1.82) is 0 Å². The highest BCUT2D eigenvalue weighted by Gasteiger charge is 2.22. The molecule has 2 nitrogen and oxygen atoms in total. The standard InChI is InChI=1S/C15H21BrClNO/c1-3-19-15-13(16)8-12(17)9-14(15)18-10(2)11-6-4-5-7-11/h8-11,18H,3-7H2,1-2H3. The molecule has 1 fully saturated rings. The quantitative estimate of drug-likeness (QED) is 0.761. The van der Waals surface area contributed by atoms with E-state index < -0.39 is 0 Å². The van der Waals surface area contributed by atoms with Gasteiger partial charge in [-0.1, -0.05) is 24.4 Å². The molecule has 0 amide bonds. The van der Waals surface area contributed by atoms with Crippen LogP contribution in [0.25, 0.3) is 0 Å². The first kappa shape index (κ1) is 15.0. The van der Waals surface area contributed by atoms with E-state index in [9.17, 15) is 0 Å². The molecule has 0 spiro atoms. The fraction of sp³-hybridized carbons (Fsp3) is 0.600. The van der Waals surface area contributed by atoms with Crippen LogP contribution in [0.2, 0.25) is 5.02 Å². The highest BCUT2D eigenvalue weighted by Crippen LogP contribution is 2.38. The third-order valence-electron chi connectivity index (χ3n) is 3.79. The van der Waals surface area contributed by atoms with Crippen molar-refractivity contribution in [2.24, 2.45) is 5.92 Å². The number of nitrogens with one attached hydrogen (secondary N) is 1. The molecule has 19 heavy (non-hydrogen) atoms. The normalized spacial score (nSPS) is 17.5. The maximum atomic E-state index is 6.14. The summed E-state index contributed by atoms with van der Waals surface area (Å²) in [7, 11) is 0. The van der Waals surface area contributed by atoms with E-state index in [0.29, 0.717) is 12.6 Å². The van der Waals surface area contributed by atoms with Crippen LogP contribution in [0.5, 0.6) is 5.75 Å². The highest BCUT2D eigenvalue weighted by molar-refractivity contribution is 9.10. The second kappa shape index (κ2) is 6.85. The summed E-state index contributed by atoms with van der Waals surface area (Å²) in [5, 5.41) is 4.30. The fourth-order valence-corrected chi connectivity index (χ4v) is 3.70. The Labute approximate surface area is 129 Å². The minimum absolute atomic E-state index is 0.451. The van der Waals surface area contributed by atoms with Gasteiger partial charge in [0.05, 0.1) is 16.8 Å². The zero-order valence-corrected chi connectivity index (χ0v) is 13.9. The first-order valence-electron chi connectivity index (χ1n) is 7.00. The van der Waals surface area contributed by atoms with Gasteiger partial charge in [0.25, 0.3) is 0 Å². The Balaban J connectivity index is 2.17. The second-order valence-electron chi connectivity index (χ2n) is 5.17. The van der Waals surface area contributed by atoms with Crippen molar-refractivity contribution >= 4 is 33.2 Å². The summed E-state index contributed by atoms with van der Waals surface area (Å²) < 4.78 is 6.62. The first-order chi connectivity index (χ1) is 9.11. The van der Waals surface area contributed by atoms with Gasteiger partial charge in [-0.15, -0.1) is 0 Å². The molecule has 0 heterocycles. The average Bonchev–Trinajstić information content (AvgIpc) is 2.87. The van der Waals surface area contributed by atoms with Gasteiger partial charge in [0.1, 0.15) is 0 Å². The molecule has 0 aliphatic heterocycles. The van der Waals surface area contributed by atoms with E-state index in [2.05, 4.69) is 28.2 Å². The molecule has 1 saturated carbocycles. The van der Waals surface area contributed by atoms with Gasteiger partial charge in [-0.05, 0) is 60.7 Å². The van der Waals surface area contributed by atoms with Gasteiger partial charge in [-0.2, -0.15) is 0 Å². The summed E-state index contributed by atoms with van der Waals surface area (Å²) in [5.74, 6) is 1.61. The molecule has 0 aromatic heterocycles. The lowest BCUT2D eigenvalue weighted by atomic mass is 9.99. The van der Waals surface area contributed by atoms with Crippen molar-refractivity contribution < 1.29 is 4.74 Å². The van der Waals surface area contributed by atoms with Crippen molar-refractivity contribution in [2.75, 3.05) is 11.9 Å². The maximum Gasteiger partial charge on any atom is 0.156 e. The van der Waals surface area contributed by atoms with E-state index in [0.717, 1.165) is 26.9 Å². The first-order valence-corrected chi connectivity index (χ1v) is 8.17. The van der Waals surface area contributed by atoms with E-state index >= 15 is 0 Å². The van der Waals surface area contributed by atoms with Crippen molar-refractivity contribution in [3.05, 3.63) is 21.6 Å². The number of anilines is 1. The monoisotopic (exact) mass is 345 g/mol. The summed E-state index contributed by atoms with van der Waals surface area (Å²) in [6.45, 7) is 4.89. The number of benzene rings is 1. The van der Waals surface area contributed by atoms with Crippen molar-refractivity contribution in [1.82, 2.24) is 0 Å². The number of rotatable bonds is 5. The van der Waals surface area contributed by atoms with Crippen LogP contribution >= 0.6 is 27.5 Å². The molecule has 1 aliphatic carbocycles. The van der Waals surface area contributed by atoms with E-state index in [1.54, 1.807) is 0 Å². The van der Waals surface area contributed by atoms with Gasteiger partial charge in [0.15, 0.2) is 5.75 Å². The Morgan fingerprint density at radius 1 is 1.42 bits per heavy atom. The SMILES string of the molecule is CCOc1c(Br)cc(Cl)cc1NC(C)C1CCCC1. The Morgan fingerprint density at radius 2 is 2.11 bits per heavy atom. The van der Waals surface area contributed by atoms with Crippen LogP contribution in [0.4, 0.5) is 5.69 Å². The minimum Gasteiger partial charge on any atom is -0.491 e. The largest absolute Gasteiger partial charge is 0.491 e. The molecular weight excluding hydrogens is 326 g/mol. The van der Waals surface area contributed by atoms with Crippen molar-refractivity contribution in [3.63, 3.8) is 0 Å². The lowest BCUT2D eigenvalue weighted by Gasteiger charge is -2.23. The third-order valence-corrected chi connectivity index (χ3v) is 4.59. The van der Waals surface area contributed by atoms with Crippen LogP contribution in [-0.2, 0) is 0 Å². The number of hydrogen-bond donors (Lipinski definition) is 1. The van der Waals surface area contributed by atoms with E-state index in [4.69, 9.17) is 16.3 Å². The second-order valence-corrected chi connectivity index (χ2v) is 6.47. The summed E-state index contributed by atoms with van der Waals surface area (Å²) in [6.07, 6.45) is 5.35. The molecule has 1 aliphatic rings. The lowest BCUT2D eigenvalue weighted by Crippen LogP contribution is -2.24. The smallest absolute Gasteiger partial charge is 0.156 e. The van der Waals surface area contributed by atoms with Gasteiger partial charge in [-0.25, -0.2) is 0 Å². The maximum absolute atomic E-state index is 6.14. The summed E-state index contributed by atoms with van der Waals surface area (Å²) in [6, 6.07) is 4.27. The summed E-state index contributed by atoms with van der Waals surface area (Å²) >= 11 is 9.66. The molecule has 0 bridgehead atoms. The van der Waals surface area contributed by atoms with Gasteiger partial charge in [0, 0.05) is 11.1 Å². The fourth-order valence-electron chi connectivity index (χ4n) is 2.78. The molecule has 1 atom stereocenters. The molecule has 2 rings (SSSR count). The van der Waals surface area contributed by atoms with Crippen LogP contribution < -0.4 is 10.1 Å². The molecule has 4 heteroatoms. The van der Waals surface area contributed by atoms with Crippen molar-refractivity contribution in [2.45, 2.75) is 45.6 Å². The summed E-state index contributed by atoms with van der Waals surface area (Å²) in [4.78, 5) is 0. The summed E-state index contributed by atoms with van der Waals surface area (Å²) in [5.41, 5.74) is 0.987. The van der Waals surface area contributed by atoms with Crippen LogP contribution in [-0.4, -0.2) is 12.6 Å². The lowest BCUT2D eigenvalue weighted by molar-refractivity contribution is 0.338. The number of ether oxygens (including phenoxy) is 1. The molecule has 1 aromatic rings. The zero-order chi connectivity index (χ0) is 13.8. The van der Waals surface area contributed by atoms with Crippen molar-refractivity contribution in [3.8, 4) is 5.75 Å². The van der Waals surface area contributed by atoms with Gasteiger partial charge < -0.3 is 10.1 Å². The molecule has 1 aromatic carbocycles. The average molecular weight is 347 g/mol. The van der Waals surface area contributed by atoms with E-state index in [1.807, 2.05) is 19.1 Å². The van der Waals surface area contributed by atoms with Gasteiger partial charge in [-0.3, -0.25) is 0 Å². The van der Waals surface area contributed by atoms with Crippen LogP contribution in [0.1, 0.15) is 39.5 Å². The Morgan fingerprint density at radius 3 is 2.74 bits per heavy atom. The molecular formula is C15H21BrClNO. The molecule has 0 radical (unpaired) electrons. The van der Waals surface area contributed by atoms with E-state index in [1.165, 1.54) is 25.7 Å². The topological polar surface area (TPSA) is 21.3 Å². The van der Waals surface area contributed by atoms with Gasteiger partial charge >= 0.3 is 0 Å². The number of halogens is 2. The Kier molecular flexibility index (Phi) is 5.40. The molecule has 106 valence electrons. The Hall–Kier alpha value is -0.410. The van der Waals surface area contributed by atoms with E-state index in [-0.39, 0.29) is 0 Å². The van der Waals surface area contributed by atoms with Crippen LogP contribution in [0.15, 0.2) is 16.6 Å².